The van der Waals surface area contributed by atoms with Crippen LogP contribution in [-0.2, 0) is 20.9 Å². The van der Waals surface area contributed by atoms with E-state index in [2.05, 4.69) is 0 Å². The van der Waals surface area contributed by atoms with Crippen molar-refractivity contribution in [1.82, 2.24) is 14.7 Å². The summed E-state index contributed by atoms with van der Waals surface area (Å²) < 4.78 is 5.92. The number of carbonyl (C=O) groups excluding carboxylic acids is 3. The number of imide groups is 1. The second kappa shape index (κ2) is 7.65. The monoisotopic (exact) mass is 345 g/mol. The van der Waals surface area contributed by atoms with Gasteiger partial charge in [0.25, 0.3) is 5.91 Å². The van der Waals surface area contributed by atoms with Crippen LogP contribution in [-0.4, -0.2) is 71.9 Å². The number of likely N-dealkylation sites (tertiary alicyclic amines) is 1. The Morgan fingerprint density at radius 1 is 1.16 bits per heavy atom. The van der Waals surface area contributed by atoms with Gasteiger partial charge in [0.1, 0.15) is 13.1 Å². The largest absolute Gasteiger partial charge is 0.373 e. The van der Waals surface area contributed by atoms with E-state index in [1.807, 2.05) is 30.3 Å². The molecule has 7 nitrogen and oxygen atoms in total. The summed E-state index contributed by atoms with van der Waals surface area (Å²) in [5, 5.41) is 0. The van der Waals surface area contributed by atoms with Crippen LogP contribution in [0.5, 0.6) is 0 Å². The molecule has 2 fully saturated rings. The fourth-order valence-corrected chi connectivity index (χ4v) is 3.12. The Balaban J connectivity index is 1.43. The van der Waals surface area contributed by atoms with Gasteiger partial charge in [-0.3, -0.25) is 14.5 Å². The zero-order chi connectivity index (χ0) is 17.8. The van der Waals surface area contributed by atoms with Gasteiger partial charge in [-0.15, -0.1) is 0 Å². The summed E-state index contributed by atoms with van der Waals surface area (Å²) in [5.74, 6) is -0.500. The first kappa shape index (κ1) is 17.4. The van der Waals surface area contributed by atoms with Crippen LogP contribution in [0.1, 0.15) is 18.4 Å². The summed E-state index contributed by atoms with van der Waals surface area (Å²) in [5.41, 5.74) is 1.14. The summed E-state index contributed by atoms with van der Waals surface area (Å²) in [6.45, 7) is 1.62. The van der Waals surface area contributed by atoms with Gasteiger partial charge in [0.15, 0.2) is 0 Å². The smallest absolute Gasteiger partial charge is 0.327 e. The van der Waals surface area contributed by atoms with E-state index in [0.717, 1.165) is 23.3 Å². The summed E-state index contributed by atoms with van der Waals surface area (Å²) in [6, 6.07) is 9.59. The van der Waals surface area contributed by atoms with Gasteiger partial charge >= 0.3 is 6.03 Å². The van der Waals surface area contributed by atoms with E-state index in [-0.39, 0.29) is 31.0 Å². The van der Waals surface area contributed by atoms with E-state index in [9.17, 15) is 14.4 Å². The number of rotatable bonds is 5. The molecule has 0 N–H and O–H groups in total. The molecular weight excluding hydrogens is 322 g/mol. The van der Waals surface area contributed by atoms with Gasteiger partial charge in [0.2, 0.25) is 5.91 Å². The molecule has 0 spiro atoms. The lowest BCUT2D eigenvalue weighted by Gasteiger charge is -2.32. The summed E-state index contributed by atoms with van der Waals surface area (Å²) in [6.07, 6.45) is 1.66. The van der Waals surface area contributed by atoms with E-state index in [4.69, 9.17) is 4.74 Å². The molecule has 2 aliphatic heterocycles. The number of benzene rings is 1. The van der Waals surface area contributed by atoms with Crippen molar-refractivity contribution in [3.8, 4) is 0 Å². The highest BCUT2D eigenvalue weighted by atomic mass is 16.5. The van der Waals surface area contributed by atoms with Gasteiger partial charge in [0, 0.05) is 20.1 Å². The van der Waals surface area contributed by atoms with Crippen molar-refractivity contribution in [2.75, 3.05) is 33.2 Å². The number of urea groups is 1. The lowest BCUT2D eigenvalue weighted by Crippen LogP contribution is -2.47. The van der Waals surface area contributed by atoms with Crippen LogP contribution >= 0.6 is 0 Å². The molecule has 0 atom stereocenters. The highest BCUT2D eigenvalue weighted by molar-refractivity contribution is 6.04. The molecule has 0 aromatic heterocycles. The molecule has 2 saturated heterocycles. The molecule has 0 saturated carbocycles. The predicted molar refractivity (Wildman–Crippen MR) is 90.6 cm³/mol. The molecule has 2 aliphatic rings. The average Bonchev–Trinajstić information content (AvgIpc) is 2.87. The van der Waals surface area contributed by atoms with Crippen molar-refractivity contribution in [3.63, 3.8) is 0 Å². The maximum absolute atomic E-state index is 12.4. The molecule has 7 heteroatoms. The topological polar surface area (TPSA) is 70.2 Å². The Morgan fingerprint density at radius 2 is 1.84 bits per heavy atom. The first-order valence-corrected chi connectivity index (χ1v) is 8.53. The van der Waals surface area contributed by atoms with Crippen molar-refractivity contribution in [3.05, 3.63) is 35.9 Å². The van der Waals surface area contributed by atoms with Crippen LogP contribution in [0.4, 0.5) is 4.79 Å². The number of carbonyl (C=O) groups is 3. The maximum atomic E-state index is 12.4. The van der Waals surface area contributed by atoms with Gasteiger partial charge in [-0.2, -0.15) is 0 Å². The number of likely N-dealkylation sites (N-methyl/N-ethyl adjacent to an activating group) is 1. The average molecular weight is 345 g/mol. The minimum atomic E-state index is -0.403. The van der Waals surface area contributed by atoms with E-state index >= 15 is 0 Å². The second-order valence-electron chi connectivity index (χ2n) is 6.50. The standard InChI is InChI=1S/C18H23N3O4/c1-19-11-17(23)21(18(19)24)12-16(22)20-9-7-15(8-10-20)25-13-14-5-3-2-4-6-14/h2-6,15H,7-13H2,1H3. The Kier molecular flexibility index (Phi) is 5.33. The van der Waals surface area contributed by atoms with Gasteiger partial charge < -0.3 is 14.5 Å². The number of hydrogen-bond donors (Lipinski definition) is 0. The highest BCUT2D eigenvalue weighted by Crippen LogP contribution is 2.17. The van der Waals surface area contributed by atoms with Crippen LogP contribution < -0.4 is 0 Å². The van der Waals surface area contributed by atoms with E-state index < -0.39 is 6.03 Å². The molecule has 1 aromatic carbocycles. The third-order valence-corrected chi connectivity index (χ3v) is 4.65. The Morgan fingerprint density at radius 3 is 2.44 bits per heavy atom. The Hall–Kier alpha value is -2.41. The number of hydrogen-bond acceptors (Lipinski definition) is 4. The zero-order valence-electron chi connectivity index (χ0n) is 14.4. The molecule has 0 radical (unpaired) electrons. The van der Waals surface area contributed by atoms with Gasteiger partial charge in [0.05, 0.1) is 12.7 Å². The quantitative estimate of drug-likeness (QED) is 0.749. The predicted octanol–water partition coefficient (Wildman–Crippen LogP) is 1.09. The van der Waals surface area contributed by atoms with Crippen molar-refractivity contribution >= 4 is 17.8 Å². The van der Waals surface area contributed by atoms with Crippen LogP contribution in [0.15, 0.2) is 30.3 Å². The molecule has 4 amide bonds. The first-order chi connectivity index (χ1) is 12.0. The highest BCUT2D eigenvalue weighted by Gasteiger charge is 2.36. The molecule has 1 aromatic rings. The molecule has 0 aliphatic carbocycles. The minimum absolute atomic E-state index is 0.0432. The number of ether oxygens (including phenoxy) is 1. The van der Waals surface area contributed by atoms with Crippen LogP contribution in [0.3, 0.4) is 0 Å². The van der Waals surface area contributed by atoms with Crippen LogP contribution in [0, 0.1) is 0 Å². The van der Waals surface area contributed by atoms with E-state index in [0.29, 0.717) is 19.7 Å². The molecule has 134 valence electrons. The fraction of sp³-hybridized carbons (Fsp3) is 0.500. The summed E-state index contributed by atoms with van der Waals surface area (Å²) in [7, 11) is 1.56. The van der Waals surface area contributed by atoms with Crippen molar-refractivity contribution in [1.29, 1.82) is 0 Å². The zero-order valence-corrected chi connectivity index (χ0v) is 14.4. The molecule has 3 rings (SSSR count). The van der Waals surface area contributed by atoms with Crippen LogP contribution in [0.2, 0.25) is 0 Å². The minimum Gasteiger partial charge on any atom is -0.373 e. The summed E-state index contributed by atoms with van der Waals surface area (Å²) >= 11 is 0. The normalized spacial score (nSPS) is 19.0. The third kappa shape index (κ3) is 4.17. The third-order valence-electron chi connectivity index (χ3n) is 4.65. The van der Waals surface area contributed by atoms with Gasteiger partial charge in [-0.1, -0.05) is 30.3 Å². The Labute approximate surface area is 147 Å². The summed E-state index contributed by atoms with van der Waals surface area (Å²) in [4.78, 5) is 40.0. The molecule has 25 heavy (non-hydrogen) atoms. The Bertz CT molecular complexity index is 641. The molecular formula is C18H23N3O4. The first-order valence-electron chi connectivity index (χ1n) is 8.53. The van der Waals surface area contributed by atoms with Gasteiger partial charge in [-0.25, -0.2) is 4.79 Å². The van der Waals surface area contributed by atoms with Crippen LogP contribution in [0.25, 0.3) is 0 Å². The van der Waals surface area contributed by atoms with E-state index in [1.54, 1.807) is 11.9 Å². The molecule has 0 unspecified atom stereocenters. The van der Waals surface area contributed by atoms with E-state index in [1.165, 1.54) is 4.90 Å². The van der Waals surface area contributed by atoms with Gasteiger partial charge in [-0.05, 0) is 18.4 Å². The number of piperidine rings is 1. The second-order valence-corrected chi connectivity index (χ2v) is 6.50. The van der Waals surface area contributed by atoms with Crippen molar-refractivity contribution in [2.24, 2.45) is 0 Å². The number of amides is 4. The van der Waals surface area contributed by atoms with Crippen molar-refractivity contribution < 1.29 is 19.1 Å². The SMILES string of the molecule is CN1CC(=O)N(CC(=O)N2CCC(OCc3ccccc3)CC2)C1=O. The fourth-order valence-electron chi connectivity index (χ4n) is 3.12. The molecule has 2 heterocycles. The number of nitrogens with zero attached hydrogens (tertiary/aromatic N) is 3. The lowest BCUT2D eigenvalue weighted by molar-refractivity contribution is -0.138. The van der Waals surface area contributed by atoms with Crippen molar-refractivity contribution in [2.45, 2.75) is 25.6 Å². The lowest BCUT2D eigenvalue weighted by atomic mass is 10.1. The molecule has 0 bridgehead atoms. The maximum Gasteiger partial charge on any atom is 0.327 e.